The first-order valence-corrected chi connectivity index (χ1v) is 11.8. The fourth-order valence-electron chi connectivity index (χ4n) is 4.20. The normalized spacial score (nSPS) is 20.4. The van der Waals surface area contributed by atoms with Gasteiger partial charge in [0.25, 0.3) is 0 Å². The van der Waals surface area contributed by atoms with E-state index in [1.165, 1.54) is 4.31 Å². The van der Waals surface area contributed by atoms with Crippen molar-refractivity contribution in [3.63, 3.8) is 0 Å². The molecule has 0 aliphatic carbocycles. The Morgan fingerprint density at radius 2 is 1.55 bits per heavy atom. The molecule has 1 saturated heterocycles. The number of benzene rings is 2. The van der Waals surface area contributed by atoms with Crippen LogP contribution in [0.3, 0.4) is 0 Å². The molecule has 154 valence electrons. The average molecular weight is 414 g/mol. The number of hydrogen-bond acceptors (Lipinski definition) is 4. The van der Waals surface area contributed by atoms with Gasteiger partial charge in [0, 0.05) is 38.4 Å². The van der Waals surface area contributed by atoms with E-state index in [0.717, 1.165) is 29.9 Å². The first-order chi connectivity index (χ1) is 14.0. The molecule has 0 bridgehead atoms. The summed E-state index contributed by atoms with van der Waals surface area (Å²) in [5, 5.41) is 0. The number of carbonyl (C=O) groups excluding carboxylic acids is 1. The third-order valence-electron chi connectivity index (χ3n) is 5.93. The van der Waals surface area contributed by atoms with Crippen LogP contribution in [-0.2, 0) is 27.8 Å². The van der Waals surface area contributed by atoms with E-state index >= 15 is 0 Å². The molecule has 0 spiro atoms. The number of carbonyl (C=O) groups is 1. The Balaban J connectivity index is 1.52. The minimum absolute atomic E-state index is 0.000726. The second kappa shape index (κ2) is 8.16. The van der Waals surface area contributed by atoms with Gasteiger partial charge >= 0.3 is 0 Å². The number of rotatable bonds is 4. The molecule has 0 unspecified atom stereocenters. The maximum atomic E-state index is 13.4. The summed E-state index contributed by atoms with van der Waals surface area (Å²) in [5.74, 6) is -0.0787. The Morgan fingerprint density at radius 3 is 2.21 bits per heavy atom. The lowest BCUT2D eigenvalue weighted by molar-refractivity contribution is -0.136. The summed E-state index contributed by atoms with van der Waals surface area (Å²) in [6, 6.07) is 17.3. The van der Waals surface area contributed by atoms with Crippen LogP contribution in [0.1, 0.15) is 18.1 Å². The van der Waals surface area contributed by atoms with Crippen molar-refractivity contribution in [1.29, 1.82) is 0 Å². The van der Waals surface area contributed by atoms with Crippen molar-refractivity contribution in [2.24, 2.45) is 0 Å². The van der Waals surface area contributed by atoms with Crippen molar-refractivity contribution in [2.45, 2.75) is 25.9 Å². The van der Waals surface area contributed by atoms with Gasteiger partial charge in [0.05, 0.1) is 5.75 Å². The highest BCUT2D eigenvalue weighted by molar-refractivity contribution is 7.89. The molecule has 2 aromatic rings. The van der Waals surface area contributed by atoms with E-state index in [1.807, 2.05) is 47.4 Å². The molecule has 1 amide bonds. The number of amides is 1. The second-order valence-electron chi connectivity index (χ2n) is 7.58. The van der Waals surface area contributed by atoms with Crippen LogP contribution in [0.4, 0.5) is 5.69 Å². The van der Waals surface area contributed by atoms with Gasteiger partial charge in [0.15, 0.2) is 0 Å². The van der Waals surface area contributed by atoms with E-state index < -0.39 is 16.1 Å². The molecule has 0 radical (unpaired) electrons. The van der Waals surface area contributed by atoms with Crippen molar-refractivity contribution in [3.05, 3.63) is 65.7 Å². The third kappa shape index (κ3) is 4.02. The summed E-state index contributed by atoms with van der Waals surface area (Å²) in [4.78, 5) is 17.5. The molecule has 2 aromatic carbocycles. The van der Waals surface area contributed by atoms with Gasteiger partial charge in [-0.05, 0) is 36.6 Å². The summed E-state index contributed by atoms with van der Waals surface area (Å²) in [5.41, 5.74) is 3.21. The van der Waals surface area contributed by atoms with Crippen molar-refractivity contribution >= 4 is 21.6 Å². The first kappa shape index (κ1) is 19.9. The van der Waals surface area contributed by atoms with E-state index in [1.54, 1.807) is 6.92 Å². The molecule has 2 heterocycles. The number of piperazine rings is 1. The zero-order valence-corrected chi connectivity index (χ0v) is 17.5. The van der Waals surface area contributed by atoms with E-state index in [0.29, 0.717) is 19.5 Å². The number of fused-ring (bicyclic) bond motifs is 1. The molecular weight excluding hydrogens is 386 g/mol. The zero-order chi connectivity index (χ0) is 20.4. The smallest absolute Gasteiger partial charge is 0.241 e. The highest BCUT2D eigenvalue weighted by Gasteiger charge is 2.40. The van der Waals surface area contributed by atoms with Gasteiger partial charge in [-0.15, -0.1) is 0 Å². The van der Waals surface area contributed by atoms with E-state index in [9.17, 15) is 13.2 Å². The molecule has 6 nitrogen and oxygen atoms in total. The number of anilines is 1. The molecule has 0 saturated carbocycles. The van der Waals surface area contributed by atoms with Crippen LogP contribution in [0.5, 0.6) is 0 Å². The van der Waals surface area contributed by atoms with E-state index in [2.05, 4.69) is 17.0 Å². The van der Waals surface area contributed by atoms with Crippen LogP contribution in [0.2, 0.25) is 0 Å². The van der Waals surface area contributed by atoms with Gasteiger partial charge in [0.1, 0.15) is 6.04 Å². The number of para-hydroxylation sites is 1. The Hall–Kier alpha value is -2.38. The van der Waals surface area contributed by atoms with Crippen LogP contribution >= 0.6 is 0 Å². The standard InChI is InChI=1S/C22H27N3O3S/c1-2-29(27,28)25-17-19-9-7-6-8-18(19)16-21(25)22(26)24-14-12-23(13-15-24)20-10-4-3-5-11-20/h3-11,21H,2,12-17H2,1H3/t21-/m1/s1. The van der Waals surface area contributed by atoms with E-state index in [4.69, 9.17) is 0 Å². The quantitative estimate of drug-likeness (QED) is 0.770. The number of nitrogens with zero attached hydrogens (tertiary/aromatic N) is 3. The molecule has 4 rings (SSSR count). The van der Waals surface area contributed by atoms with Crippen molar-refractivity contribution in [2.75, 3.05) is 36.8 Å². The lowest BCUT2D eigenvalue weighted by Gasteiger charge is -2.41. The van der Waals surface area contributed by atoms with Gasteiger partial charge in [-0.1, -0.05) is 42.5 Å². The van der Waals surface area contributed by atoms with E-state index in [-0.39, 0.29) is 18.2 Å². The molecule has 7 heteroatoms. The zero-order valence-electron chi connectivity index (χ0n) is 16.7. The van der Waals surface area contributed by atoms with Gasteiger partial charge in [-0.2, -0.15) is 4.31 Å². The van der Waals surface area contributed by atoms with Gasteiger partial charge in [-0.3, -0.25) is 4.79 Å². The van der Waals surface area contributed by atoms with Crippen LogP contribution in [0.25, 0.3) is 0 Å². The topological polar surface area (TPSA) is 60.9 Å². The Bertz CT molecular complexity index is 970. The predicted molar refractivity (Wildman–Crippen MR) is 114 cm³/mol. The SMILES string of the molecule is CCS(=O)(=O)N1Cc2ccccc2C[C@@H]1C(=O)N1CCN(c2ccccc2)CC1. The third-order valence-corrected chi connectivity index (χ3v) is 7.75. The first-order valence-electron chi connectivity index (χ1n) is 10.1. The van der Waals surface area contributed by atoms with Crippen LogP contribution in [-0.4, -0.2) is 61.5 Å². The van der Waals surface area contributed by atoms with Gasteiger partial charge < -0.3 is 9.80 Å². The fourth-order valence-corrected chi connectivity index (χ4v) is 5.42. The molecule has 1 fully saturated rings. The second-order valence-corrected chi connectivity index (χ2v) is 9.79. The molecule has 0 N–H and O–H groups in total. The molecule has 2 aliphatic heterocycles. The average Bonchev–Trinajstić information content (AvgIpc) is 2.78. The monoisotopic (exact) mass is 413 g/mol. The number of sulfonamides is 1. The van der Waals surface area contributed by atoms with Crippen molar-refractivity contribution < 1.29 is 13.2 Å². The van der Waals surface area contributed by atoms with Crippen molar-refractivity contribution in [1.82, 2.24) is 9.21 Å². The minimum Gasteiger partial charge on any atom is -0.368 e. The lowest BCUT2D eigenvalue weighted by atomic mass is 9.95. The molecular formula is C22H27N3O3S. The van der Waals surface area contributed by atoms with Crippen LogP contribution in [0, 0.1) is 0 Å². The summed E-state index contributed by atoms with van der Waals surface area (Å²) < 4.78 is 26.9. The van der Waals surface area contributed by atoms with Crippen molar-refractivity contribution in [3.8, 4) is 0 Å². The molecule has 1 atom stereocenters. The predicted octanol–water partition coefficient (Wildman–Crippen LogP) is 2.11. The summed E-state index contributed by atoms with van der Waals surface area (Å²) in [7, 11) is -3.48. The van der Waals surface area contributed by atoms with Gasteiger partial charge in [-0.25, -0.2) is 8.42 Å². The maximum absolute atomic E-state index is 13.4. The highest BCUT2D eigenvalue weighted by Crippen LogP contribution is 2.28. The Morgan fingerprint density at radius 1 is 0.931 bits per heavy atom. The fraction of sp³-hybridized carbons (Fsp3) is 0.409. The van der Waals surface area contributed by atoms with Crippen LogP contribution in [0.15, 0.2) is 54.6 Å². The maximum Gasteiger partial charge on any atom is 0.241 e. The minimum atomic E-state index is -3.48. The molecule has 29 heavy (non-hydrogen) atoms. The lowest BCUT2D eigenvalue weighted by Crippen LogP contribution is -2.57. The largest absolute Gasteiger partial charge is 0.368 e. The van der Waals surface area contributed by atoms with Crippen LogP contribution < -0.4 is 4.90 Å². The Kier molecular flexibility index (Phi) is 5.61. The number of hydrogen-bond donors (Lipinski definition) is 0. The summed E-state index contributed by atoms with van der Waals surface area (Å²) in [6.45, 7) is 4.61. The highest BCUT2D eigenvalue weighted by atomic mass is 32.2. The molecule has 0 aromatic heterocycles. The Labute approximate surface area is 172 Å². The van der Waals surface area contributed by atoms with Gasteiger partial charge in [0.2, 0.25) is 15.9 Å². The summed E-state index contributed by atoms with van der Waals surface area (Å²) >= 11 is 0. The molecule has 2 aliphatic rings. The summed E-state index contributed by atoms with van der Waals surface area (Å²) in [6.07, 6.45) is 0.438.